The maximum atomic E-state index is 14.9. The fraction of sp³-hybridized carbons (Fsp3) is 0.310. The predicted molar refractivity (Wildman–Crippen MR) is 128 cm³/mol. The molecule has 0 N–H and O–H groups in total. The quantitative estimate of drug-likeness (QED) is 0.328. The van der Waals surface area contributed by atoms with E-state index in [9.17, 15) is 13.2 Å². The zero-order valence-electron chi connectivity index (χ0n) is 19.1. The molecular formula is C29H29F3O. The van der Waals surface area contributed by atoms with Crippen molar-refractivity contribution in [3.63, 3.8) is 0 Å². The molecule has 0 fully saturated rings. The van der Waals surface area contributed by atoms with Crippen LogP contribution in [0.15, 0.2) is 60.7 Å². The number of rotatable bonds is 7. The van der Waals surface area contributed by atoms with Gasteiger partial charge in [-0.1, -0.05) is 68.5 Å². The molecule has 0 radical (unpaired) electrons. The molecular weight excluding hydrogens is 421 g/mol. The van der Waals surface area contributed by atoms with Crippen LogP contribution in [0.1, 0.15) is 50.7 Å². The van der Waals surface area contributed by atoms with Crippen LogP contribution in [0.5, 0.6) is 0 Å². The molecule has 3 aromatic rings. The minimum Gasteiger partial charge on any atom is -0.377 e. The summed E-state index contributed by atoms with van der Waals surface area (Å²) in [5.41, 5.74) is 4.23. The van der Waals surface area contributed by atoms with Crippen molar-refractivity contribution in [2.24, 2.45) is 5.92 Å². The lowest BCUT2D eigenvalue weighted by atomic mass is 9.87. The van der Waals surface area contributed by atoms with Gasteiger partial charge in [0.05, 0.1) is 6.61 Å². The van der Waals surface area contributed by atoms with Crippen molar-refractivity contribution < 1.29 is 17.9 Å². The van der Waals surface area contributed by atoms with Crippen molar-refractivity contribution in [1.29, 1.82) is 0 Å². The number of hydrogen-bond donors (Lipinski definition) is 0. The van der Waals surface area contributed by atoms with Gasteiger partial charge in [-0.2, -0.15) is 0 Å². The highest BCUT2D eigenvalue weighted by atomic mass is 19.2. The summed E-state index contributed by atoms with van der Waals surface area (Å²) < 4.78 is 49.4. The molecule has 0 aliphatic heterocycles. The number of allylic oxidation sites excluding steroid dienone is 2. The Morgan fingerprint density at radius 1 is 0.848 bits per heavy atom. The average molecular weight is 451 g/mol. The fourth-order valence-electron chi connectivity index (χ4n) is 4.26. The molecule has 0 saturated carbocycles. The van der Waals surface area contributed by atoms with Crippen molar-refractivity contribution in [2.45, 2.75) is 46.1 Å². The zero-order valence-corrected chi connectivity index (χ0v) is 19.1. The van der Waals surface area contributed by atoms with E-state index < -0.39 is 11.6 Å². The van der Waals surface area contributed by atoms with Crippen LogP contribution >= 0.6 is 0 Å². The average Bonchev–Trinajstić information content (AvgIpc) is 2.83. The molecule has 1 atom stereocenters. The Hall–Kier alpha value is -2.85. The Labute approximate surface area is 193 Å². The van der Waals surface area contributed by atoms with Crippen LogP contribution in [0.3, 0.4) is 0 Å². The van der Waals surface area contributed by atoms with Gasteiger partial charge in [-0.15, -0.1) is 0 Å². The number of hydrogen-bond acceptors (Lipinski definition) is 1. The van der Waals surface area contributed by atoms with Crippen molar-refractivity contribution in [3.05, 3.63) is 89.3 Å². The van der Waals surface area contributed by atoms with Crippen LogP contribution in [0, 0.1) is 23.4 Å². The molecule has 1 nitrogen and oxygen atoms in total. The van der Waals surface area contributed by atoms with Gasteiger partial charge in [-0.05, 0) is 59.9 Å². The highest BCUT2D eigenvalue weighted by Gasteiger charge is 2.16. The van der Waals surface area contributed by atoms with Gasteiger partial charge >= 0.3 is 0 Å². The summed E-state index contributed by atoms with van der Waals surface area (Å²) in [6.45, 7) is 4.73. The summed E-state index contributed by atoms with van der Waals surface area (Å²) in [6, 6.07) is 15.3. The van der Waals surface area contributed by atoms with Crippen LogP contribution < -0.4 is 0 Å². The summed E-state index contributed by atoms with van der Waals surface area (Å²) in [7, 11) is 0. The Morgan fingerprint density at radius 2 is 1.52 bits per heavy atom. The van der Waals surface area contributed by atoms with Crippen LogP contribution in [0.25, 0.3) is 27.8 Å². The third-order valence-corrected chi connectivity index (χ3v) is 6.29. The van der Waals surface area contributed by atoms with Crippen LogP contribution in [0.2, 0.25) is 0 Å². The minimum absolute atomic E-state index is 0.0427. The smallest absolute Gasteiger partial charge is 0.167 e. The van der Waals surface area contributed by atoms with Crippen molar-refractivity contribution in [1.82, 2.24) is 0 Å². The summed E-state index contributed by atoms with van der Waals surface area (Å²) in [4.78, 5) is 0. The number of benzene rings is 3. The van der Waals surface area contributed by atoms with E-state index in [0.29, 0.717) is 29.2 Å². The van der Waals surface area contributed by atoms with Gasteiger partial charge in [0.2, 0.25) is 0 Å². The van der Waals surface area contributed by atoms with E-state index in [1.54, 1.807) is 48.5 Å². The molecule has 0 spiro atoms. The third kappa shape index (κ3) is 5.22. The normalized spacial score (nSPS) is 16.0. The maximum Gasteiger partial charge on any atom is 0.167 e. The van der Waals surface area contributed by atoms with Gasteiger partial charge in [-0.25, -0.2) is 13.2 Å². The lowest BCUT2D eigenvalue weighted by molar-refractivity contribution is 0.118. The minimum atomic E-state index is -0.897. The molecule has 1 aliphatic rings. The number of ether oxygens (including phenoxy) is 1. The molecule has 4 rings (SSSR count). The SMILES string of the molecule is CCCOCc1ccc(-c2ccc(-c3ccc(C4=CCC(C)CC4)cc3F)cc2)c(F)c1F. The molecule has 33 heavy (non-hydrogen) atoms. The van der Waals surface area contributed by atoms with E-state index >= 15 is 0 Å². The van der Waals surface area contributed by atoms with Crippen molar-refractivity contribution >= 4 is 5.57 Å². The van der Waals surface area contributed by atoms with Gasteiger partial charge in [0.25, 0.3) is 0 Å². The first-order valence-electron chi connectivity index (χ1n) is 11.6. The van der Waals surface area contributed by atoms with Crippen molar-refractivity contribution in [2.75, 3.05) is 6.61 Å². The first kappa shape index (κ1) is 23.3. The number of halogens is 3. The molecule has 0 saturated heterocycles. The van der Waals surface area contributed by atoms with Gasteiger partial charge in [0.15, 0.2) is 11.6 Å². The molecule has 1 unspecified atom stereocenters. The predicted octanol–water partition coefficient (Wildman–Crippen LogP) is 8.57. The summed E-state index contributed by atoms with van der Waals surface area (Å²) in [5, 5.41) is 0. The van der Waals surface area contributed by atoms with Gasteiger partial charge in [0.1, 0.15) is 5.82 Å². The van der Waals surface area contributed by atoms with E-state index in [4.69, 9.17) is 4.74 Å². The molecule has 172 valence electrons. The highest BCUT2D eigenvalue weighted by Crippen LogP contribution is 2.34. The van der Waals surface area contributed by atoms with E-state index in [1.807, 2.05) is 13.0 Å². The van der Waals surface area contributed by atoms with Gasteiger partial charge < -0.3 is 4.74 Å². The summed E-state index contributed by atoms with van der Waals surface area (Å²) >= 11 is 0. The second kappa shape index (κ2) is 10.4. The second-order valence-corrected chi connectivity index (χ2v) is 8.83. The first-order chi connectivity index (χ1) is 16.0. The Kier molecular flexibility index (Phi) is 7.34. The monoisotopic (exact) mass is 450 g/mol. The Morgan fingerprint density at radius 3 is 2.15 bits per heavy atom. The molecule has 1 aliphatic carbocycles. The molecule has 3 aromatic carbocycles. The van der Waals surface area contributed by atoms with Crippen molar-refractivity contribution in [3.8, 4) is 22.3 Å². The van der Waals surface area contributed by atoms with E-state index in [0.717, 1.165) is 31.2 Å². The highest BCUT2D eigenvalue weighted by molar-refractivity contribution is 5.74. The van der Waals surface area contributed by atoms with Crippen LogP contribution in [-0.2, 0) is 11.3 Å². The van der Waals surface area contributed by atoms with Crippen LogP contribution in [-0.4, -0.2) is 6.61 Å². The standard InChI is InChI=1S/C29H29F3O/c1-3-16-33-18-24-13-15-26(29(32)28(24)31)22-10-8-21(9-11-22)25-14-12-23(17-27(25)30)20-6-4-19(2)5-7-20/h6,8-15,17,19H,3-5,7,16,18H2,1-2H3. The topological polar surface area (TPSA) is 9.23 Å². The first-order valence-corrected chi connectivity index (χ1v) is 11.6. The molecule has 0 heterocycles. The second-order valence-electron chi connectivity index (χ2n) is 8.83. The van der Waals surface area contributed by atoms with E-state index in [1.165, 1.54) is 5.57 Å². The maximum absolute atomic E-state index is 14.9. The molecule has 0 aromatic heterocycles. The van der Waals surface area contributed by atoms with Gasteiger partial charge in [0, 0.05) is 23.3 Å². The molecule has 0 bridgehead atoms. The summed E-state index contributed by atoms with van der Waals surface area (Å²) in [5.74, 6) is -1.39. The van der Waals surface area contributed by atoms with Gasteiger partial charge in [-0.3, -0.25) is 0 Å². The molecule has 4 heteroatoms. The Balaban J connectivity index is 1.55. The lowest BCUT2D eigenvalue weighted by Crippen LogP contribution is -2.01. The van der Waals surface area contributed by atoms with E-state index in [-0.39, 0.29) is 23.6 Å². The zero-order chi connectivity index (χ0) is 23.4. The summed E-state index contributed by atoms with van der Waals surface area (Å²) in [6.07, 6.45) is 6.16. The van der Waals surface area contributed by atoms with Crippen LogP contribution in [0.4, 0.5) is 13.2 Å². The molecule has 0 amide bonds. The largest absolute Gasteiger partial charge is 0.377 e. The Bertz CT molecular complexity index is 1150. The fourth-order valence-corrected chi connectivity index (χ4v) is 4.26. The third-order valence-electron chi connectivity index (χ3n) is 6.29. The van der Waals surface area contributed by atoms with E-state index in [2.05, 4.69) is 13.0 Å². The lowest BCUT2D eigenvalue weighted by Gasteiger charge is -2.19.